The van der Waals surface area contributed by atoms with Crippen molar-refractivity contribution in [2.45, 2.75) is 12.3 Å². The van der Waals surface area contributed by atoms with Crippen molar-refractivity contribution in [3.8, 4) is 33.4 Å². The first kappa shape index (κ1) is 32.3. The second kappa shape index (κ2) is 12.7. The topological polar surface area (TPSA) is 16.4 Å². The lowest BCUT2D eigenvalue weighted by molar-refractivity contribution is 0.670. The number of benzene rings is 9. The number of anilines is 3. The first-order valence-electron chi connectivity index (χ1n) is 19.3. The van der Waals surface area contributed by atoms with Crippen LogP contribution in [0.3, 0.4) is 0 Å². The number of rotatable bonds is 6. The first-order valence-corrected chi connectivity index (χ1v) is 19.3. The van der Waals surface area contributed by atoms with Crippen LogP contribution in [-0.2, 0) is 5.41 Å². The second-order valence-corrected chi connectivity index (χ2v) is 15.0. The summed E-state index contributed by atoms with van der Waals surface area (Å²) in [6.45, 7) is 2.39. The molecule has 1 aliphatic carbocycles. The van der Waals surface area contributed by atoms with E-state index in [-0.39, 0.29) is 5.41 Å². The Morgan fingerprint density at radius 1 is 0.411 bits per heavy atom. The molecular formula is C54H37NO. The van der Waals surface area contributed by atoms with E-state index in [4.69, 9.17) is 4.42 Å². The lowest BCUT2D eigenvalue weighted by atomic mass is 9.74. The van der Waals surface area contributed by atoms with Gasteiger partial charge < -0.3 is 9.32 Å². The molecule has 0 spiro atoms. The quantitative estimate of drug-likeness (QED) is 0.170. The molecule has 2 nitrogen and oxygen atoms in total. The third-order valence-corrected chi connectivity index (χ3v) is 12.0. The minimum atomic E-state index is -0.286. The van der Waals surface area contributed by atoms with Crippen molar-refractivity contribution in [1.82, 2.24) is 0 Å². The van der Waals surface area contributed by atoms with Crippen molar-refractivity contribution in [2.75, 3.05) is 4.90 Å². The minimum absolute atomic E-state index is 0.286. The van der Waals surface area contributed by atoms with Crippen molar-refractivity contribution in [3.63, 3.8) is 0 Å². The van der Waals surface area contributed by atoms with Gasteiger partial charge in [0.2, 0.25) is 0 Å². The van der Waals surface area contributed by atoms with Gasteiger partial charge in [0.1, 0.15) is 11.2 Å². The smallest absolute Gasteiger partial charge is 0.143 e. The molecule has 11 rings (SSSR count). The number of fused-ring (bicyclic) bond motifs is 7. The van der Waals surface area contributed by atoms with E-state index in [1.807, 2.05) is 12.1 Å². The molecular weight excluding hydrogens is 679 g/mol. The summed E-state index contributed by atoms with van der Waals surface area (Å²) in [6, 6.07) is 74.8. The maximum atomic E-state index is 6.45. The van der Waals surface area contributed by atoms with Gasteiger partial charge in [-0.1, -0.05) is 170 Å². The van der Waals surface area contributed by atoms with E-state index >= 15 is 0 Å². The van der Waals surface area contributed by atoms with Crippen LogP contribution in [0.2, 0.25) is 0 Å². The Bertz CT molecular complexity index is 3100. The fourth-order valence-electron chi connectivity index (χ4n) is 9.23. The summed E-state index contributed by atoms with van der Waals surface area (Å²) in [5.74, 6) is 0. The second-order valence-electron chi connectivity index (χ2n) is 15.0. The number of furan rings is 1. The average molecular weight is 716 g/mol. The minimum Gasteiger partial charge on any atom is -0.455 e. The van der Waals surface area contributed by atoms with Crippen molar-refractivity contribution >= 4 is 49.8 Å². The third kappa shape index (κ3) is 4.89. The van der Waals surface area contributed by atoms with E-state index in [1.165, 1.54) is 49.7 Å². The highest BCUT2D eigenvalue weighted by molar-refractivity contribution is 6.09. The SMILES string of the molecule is CC1(c2ccccc2)c2ccccc2-c2ccc(-c3ccccc3N(c3ccc(-c4cccc5c4oc4ccccc45)cc3)c3cccc4ccccc34)cc21. The zero-order valence-electron chi connectivity index (χ0n) is 31.0. The normalized spacial score (nSPS) is 14.6. The molecule has 0 bridgehead atoms. The number of nitrogens with zero attached hydrogens (tertiary/aromatic N) is 1. The molecule has 0 N–H and O–H groups in total. The zero-order chi connectivity index (χ0) is 37.2. The van der Waals surface area contributed by atoms with E-state index in [9.17, 15) is 0 Å². The van der Waals surface area contributed by atoms with Gasteiger partial charge in [0, 0.05) is 38.4 Å². The molecule has 0 radical (unpaired) electrons. The summed E-state index contributed by atoms with van der Waals surface area (Å²) in [4.78, 5) is 2.43. The van der Waals surface area contributed by atoms with Crippen molar-refractivity contribution in [1.29, 1.82) is 0 Å². The zero-order valence-corrected chi connectivity index (χ0v) is 31.0. The van der Waals surface area contributed by atoms with Gasteiger partial charge in [-0.05, 0) is 87.7 Å². The van der Waals surface area contributed by atoms with E-state index in [0.29, 0.717) is 0 Å². The van der Waals surface area contributed by atoms with E-state index in [0.717, 1.165) is 50.1 Å². The number of para-hydroxylation sites is 3. The Hall–Kier alpha value is -7.16. The van der Waals surface area contributed by atoms with Gasteiger partial charge in [0.25, 0.3) is 0 Å². The fourth-order valence-corrected chi connectivity index (χ4v) is 9.23. The molecule has 264 valence electrons. The summed E-state index contributed by atoms with van der Waals surface area (Å²) in [7, 11) is 0. The molecule has 0 amide bonds. The molecule has 1 aromatic heterocycles. The van der Waals surface area contributed by atoms with Crippen LogP contribution in [0, 0.1) is 0 Å². The van der Waals surface area contributed by atoms with E-state index < -0.39 is 0 Å². The van der Waals surface area contributed by atoms with Gasteiger partial charge >= 0.3 is 0 Å². The standard InChI is InChI=1S/C54H37NO/c1-54(39-17-3-2-4-18-39)48-25-10-7-21-44(48)45-34-31-38(35-49(45)54)42-20-8-11-26-50(42)55(51-27-13-16-36-15-5-6-19-41(36)51)40-32-29-37(30-33-40)43-23-14-24-47-46-22-9-12-28-52(46)56-53(43)47/h2-35H,1H3. The van der Waals surface area contributed by atoms with Crippen LogP contribution in [0.1, 0.15) is 23.6 Å². The molecule has 1 heterocycles. The molecule has 1 aliphatic rings. The van der Waals surface area contributed by atoms with Crippen LogP contribution in [-0.4, -0.2) is 0 Å². The summed E-state index contributed by atoms with van der Waals surface area (Å²) in [5.41, 5.74) is 16.0. The first-order chi connectivity index (χ1) is 27.7. The monoisotopic (exact) mass is 715 g/mol. The summed E-state index contributed by atoms with van der Waals surface area (Å²) in [5, 5.41) is 4.67. The van der Waals surface area contributed by atoms with Crippen LogP contribution in [0.4, 0.5) is 17.1 Å². The van der Waals surface area contributed by atoms with Crippen LogP contribution in [0.15, 0.2) is 211 Å². The molecule has 9 aromatic carbocycles. The van der Waals surface area contributed by atoms with E-state index in [1.54, 1.807) is 0 Å². The Morgan fingerprint density at radius 2 is 1.02 bits per heavy atom. The van der Waals surface area contributed by atoms with Gasteiger partial charge in [-0.2, -0.15) is 0 Å². The predicted molar refractivity (Wildman–Crippen MR) is 234 cm³/mol. The van der Waals surface area contributed by atoms with Crippen LogP contribution >= 0.6 is 0 Å². The lowest BCUT2D eigenvalue weighted by Gasteiger charge is -2.30. The Morgan fingerprint density at radius 3 is 1.89 bits per heavy atom. The molecule has 2 heteroatoms. The highest BCUT2D eigenvalue weighted by Crippen LogP contribution is 2.54. The Labute approximate surface area is 326 Å². The largest absolute Gasteiger partial charge is 0.455 e. The van der Waals surface area contributed by atoms with Crippen LogP contribution < -0.4 is 4.90 Å². The van der Waals surface area contributed by atoms with Gasteiger partial charge in [-0.15, -0.1) is 0 Å². The fraction of sp³-hybridized carbons (Fsp3) is 0.0370. The maximum absolute atomic E-state index is 6.45. The van der Waals surface area contributed by atoms with Crippen molar-refractivity contribution < 1.29 is 4.42 Å². The summed E-state index contributed by atoms with van der Waals surface area (Å²) < 4.78 is 6.45. The average Bonchev–Trinajstić information content (AvgIpc) is 3.78. The van der Waals surface area contributed by atoms with Crippen molar-refractivity contribution in [2.24, 2.45) is 0 Å². The molecule has 0 saturated carbocycles. The van der Waals surface area contributed by atoms with Gasteiger partial charge in [0.15, 0.2) is 0 Å². The highest BCUT2D eigenvalue weighted by Gasteiger charge is 2.40. The van der Waals surface area contributed by atoms with Gasteiger partial charge in [-0.25, -0.2) is 0 Å². The van der Waals surface area contributed by atoms with Crippen LogP contribution in [0.25, 0.3) is 66.1 Å². The summed E-state index contributed by atoms with van der Waals surface area (Å²) in [6.07, 6.45) is 0. The molecule has 0 aliphatic heterocycles. The number of hydrogen-bond donors (Lipinski definition) is 0. The molecule has 56 heavy (non-hydrogen) atoms. The molecule has 0 saturated heterocycles. The third-order valence-electron chi connectivity index (χ3n) is 12.0. The van der Waals surface area contributed by atoms with E-state index in [2.05, 4.69) is 206 Å². The predicted octanol–water partition coefficient (Wildman–Crippen LogP) is 14.9. The van der Waals surface area contributed by atoms with Crippen molar-refractivity contribution in [3.05, 3.63) is 223 Å². The molecule has 1 unspecified atom stereocenters. The Balaban J connectivity index is 1.09. The molecule has 0 fully saturated rings. The molecule has 1 atom stereocenters. The number of hydrogen-bond acceptors (Lipinski definition) is 2. The highest BCUT2D eigenvalue weighted by atomic mass is 16.3. The maximum Gasteiger partial charge on any atom is 0.143 e. The summed E-state index contributed by atoms with van der Waals surface area (Å²) >= 11 is 0. The van der Waals surface area contributed by atoms with Gasteiger partial charge in [0.05, 0.1) is 11.4 Å². The Kier molecular flexibility index (Phi) is 7.33. The van der Waals surface area contributed by atoms with Crippen LogP contribution in [0.5, 0.6) is 0 Å². The lowest BCUT2D eigenvalue weighted by Crippen LogP contribution is -2.22. The van der Waals surface area contributed by atoms with Gasteiger partial charge in [-0.3, -0.25) is 0 Å². The molecule has 10 aromatic rings.